The van der Waals surface area contributed by atoms with Crippen molar-refractivity contribution in [3.63, 3.8) is 0 Å². The summed E-state index contributed by atoms with van der Waals surface area (Å²) in [6.07, 6.45) is 2.70. The fraction of sp³-hybridized carbons (Fsp3) is 0.0714. The van der Waals surface area contributed by atoms with Crippen LogP contribution in [0.1, 0.15) is 27.1 Å². The molecule has 0 aliphatic heterocycles. The first-order chi connectivity index (χ1) is 9.09. The number of Topliss-reactive ketones (excluding diaryl/α,β-unsaturated/α-hetero) is 2. The van der Waals surface area contributed by atoms with Crippen molar-refractivity contribution in [1.82, 2.24) is 4.98 Å². The van der Waals surface area contributed by atoms with E-state index in [-0.39, 0.29) is 23.5 Å². The van der Waals surface area contributed by atoms with Crippen molar-refractivity contribution >= 4 is 27.5 Å². The van der Waals surface area contributed by atoms with Crippen molar-refractivity contribution in [2.75, 3.05) is 0 Å². The average Bonchev–Trinajstić information content (AvgIpc) is 2.42. The molecule has 0 amide bonds. The van der Waals surface area contributed by atoms with Crippen LogP contribution >= 0.6 is 15.9 Å². The van der Waals surface area contributed by atoms with Gasteiger partial charge in [-0.3, -0.25) is 14.6 Å². The summed E-state index contributed by atoms with van der Waals surface area (Å²) in [6, 6.07) is 7.85. The molecule has 0 saturated carbocycles. The number of nitrogens with zero attached hydrogens (tertiary/aromatic N) is 1. The van der Waals surface area contributed by atoms with E-state index in [0.717, 1.165) is 0 Å². The Hall–Kier alpha value is -2.01. The molecule has 0 radical (unpaired) electrons. The third-order valence-electron chi connectivity index (χ3n) is 2.61. The predicted octanol–water partition coefficient (Wildman–Crippen LogP) is 3.01. The van der Waals surface area contributed by atoms with Crippen LogP contribution in [0.2, 0.25) is 0 Å². The lowest BCUT2D eigenvalue weighted by molar-refractivity contribution is 0.0893. The van der Waals surface area contributed by atoms with Gasteiger partial charge in [0.2, 0.25) is 0 Å². The van der Waals surface area contributed by atoms with E-state index in [1.54, 1.807) is 24.3 Å². The summed E-state index contributed by atoms with van der Waals surface area (Å²) >= 11 is 3.13. The smallest absolute Gasteiger partial charge is 0.174 e. The summed E-state index contributed by atoms with van der Waals surface area (Å²) < 4.78 is 0.426. The van der Waals surface area contributed by atoms with Crippen LogP contribution in [-0.2, 0) is 0 Å². The number of para-hydroxylation sites is 1. The Balaban J connectivity index is 2.18. The molecule has 0 unspecified atom stereocenters. The van der Waals surface area contributed by atoms with E-state index >= 15 is 0 Å². The zero-order valence-corrected chi connectivity index (χ0v) is 11.4. The summed E-state index contributed by atoms with van der Waals surface area (Å²) in [5, 5.41) is 9.76. The molecule has 2 rings (SSSR count). The van der Waals surface area contributed by atoms with Gasteiger partial charge in [-0.1, -0.05) is 6.07 Å². The Bertz CT molecular complexity index is 626. The van der Waals surface area contributed by atoms with Crippen molar-refractivity contribution in [3.05, 3.63) is 58.3 Å². The number of halogens is 1. The number of aromatic nitrogens is 1. The number of pyridine rings is 1. The molecule has 2 aromatic rings. The molecule has 1 aromatic carbocycles. The summed E-state index contributed by atoms with van der Waals surface area (Å²) in [5.74, 6) is -0.859. The minimum Gasteiger partial charge on any atom is -0.506 e. The minimum atomic E-state index is -0.416. The average molecular weight is 320 g/mol. The van der Waals surface area contributed by atoms with Gasteiger partial charge >= 0.3 is 0 Å². The first-order valence-electron chi connectivity index (χ1n) is 5.53. The number of rotatable bonds is 4. The van der Waals surface area contributed by atoms with Gasteiger partial charge in [-0.15, -0.1) is 0 Å². The van der Waals surface area contributed by atoms with Crippen LogP contribution in [0.25, 0.3) is 0 Å². The van der Waals surface area contributed by atoms with Gasteiger partial charge in [-0.05, 0) is 40.2 Å². The highest BCUT2D eigenvalue weighted by Gasteiger charge is 2.17. The molecule has 0 aliphatic carbocycles. The van der Waals surface area contributed by atoms with Gasteiger partial charge in [0, 0.05) is 18.0 Å². The predicted molar refractivity (Wildman–Crippen MR) is 73.3 cm³/mol. The molecular weight excluding hydrogens is 310 g/mol. The van der Waals surface area contributed by atoms with Crippen molar-refractivity contribution in [2.45, 2.75) is 6.42 Å². The number of carbonyl (C=O) groups is 2. The van der Waals surface area contributed by atoms with E-state index < -0.39 is 5.78 Å². The number of carbonyl (C=O) groups excluding carboxylic acids is 2. The normalized spacial score (nSPS) is 10.2. The van der Waals surface area contributed by atoms with Crippen molar-refractivity contribution in [2.24, 2.45) is 0 Å². The second kappa shape index (κ2) is 5.75. The lowest BCUT2D eigenvalue weighted by atomic mass is 10.0. The lowest BCUT2D eigenvalue weighted by Crippen LogP contribution is -2.09. The summed E-state index contributed by atoms with van der Waals surface area (Å²) in [5.41, 5.74) is 0.564. The molecule has 1 aromatic heterocycles. The van der Waals surface area contributed by atoms with Gasteiger partial charge in [0.15, 0.2) is 11.6 Å². The van der Waals surface area contributed by atoms with E-state index in [4.69, 9.17) is 0 Å². The largest absolute Gasteiger partial charge is 0.506 e. The molecule has 0 aliphatic rings. The zero-order chi connectivity index (χ0) is 13.8. The van der Waals surface area contributed by atoms with Crippen LogP contribution in [-0.4, -0.2) is 21.7 Å². The van der Waals surface area contributed by atoms with Crippen LogP contribution in [0.4, 0.5) is 0 Å². The first-order valence-corrected chi connectivity index (χ1v) is 6.33. The fourth-order valence-corrected chi connectivity index (χ4v) is 1.99. The summed E-state index contributed by atoms with van der Waals surface area (Å²) in [6.45, 7) is 0. The molecule has 0 spiro atoms. The molecule has 96 valence electrons. The monoisotopic (exact) mass is 319 g/mol. The molecule has 0 fully saturated rings. The van der Waals surface area contributed by atoms with Crippen molar-refractivity contribution in [1.29, 1.82) is 0 Å². The lowest BCUT2D eigenvalue weighted by Gasteiger charge is -2.05. The second-order valence-electron chi connectivity index (χ2n) is 3.90. The Morgan fingerprint density at radius 1 is 1.11 bits per heavy atom. The van der Waals surface area contributed by atoms with Gasteiger partial charge in [0.05, 0.1) is 16.5 Å². The second-order valence-corrected chi connectivity index (χ2v) is 4.75. The highest BCUT2D eigenvalue weighted by atomic mass is 79.9. The van der Waals surface area contributed by atoms with Gasteiger partial charge in [0.25, 0.3) is 0 Å². The molecule has 5 heteroatoms. The number of ketones is 2. The number of aromatic hydroxyl groups is 1. The van der Waals surface area contributed by atoms with Crippen LogP contribution in [0, 0.1) is 0 Å². The van der Waals surface area contributed by atoms with Crippen molar-refractivity contribution in [3.8, 4) is 5.75 Å². The molecule has 0 saturated heterocycles. The van der Waals surface area contributed by atoms with E-state index in [1.165, 1.54) is 18.5 Å². The Kier molecular flexibility index (Phi) is 4.06. The number of hydrogen-bond acceptors (Lipinski definition) is 4. The first kappa shape index (κ1) is 13.4. The minimum absolute atomic E-state index is 0.136. The standard InChI is InChI=1S/C14H10BrNO3/c15-11-3-1-2-10(14(11)19)13(18)8-12(17)9-4-6-16-7-5-9/h1-7,19H,8H2. The molecule has 1 heterocycles. The number of benzene rings is 1. The maximum atomic E-state index is 12.0. The van der Waals surface area contributed by atoms with Crippen molar-refractivity contribution < 1.29 is 14.7 Å². The highest BCUT2D eigenvalue weighted by Crippen LogP contribution is 2.28. The van der Waals surface area contributed by atoms with E-state index in [1.807, 2.05) is 0 Å². The molecule has 19 heavy (non-hydrogen) atoms. The van der Waals surface area contributed by atoms with E-state index in [0.29, 0.717) is 10.0 Å². The maximum Gasteiger partial charge on any atom is 0.174 e. The van der Waals surface area contributed by atoms with E-state index in [9.17, 15) is 14.7 Å². The van der Waals surface area contributed by atoms with Gasteiger partial charge in [-0.2, -0.15) is 0 Å². The third-order valence-corrected chi connectivity index (χ3v) is 3.25. The molecule has 4 nitrogen and oxygen atoms in total. The third kappa shape index (κ3) is 3.06. The number of phenolic OH excluding ortho intramolecular Hbond substituents is 1. The fourth-order valence-electron chi connectivity index (χ4n) is 1.62. The van der Waals surface area contributed by atoms with Crippen LogP contribution in [0.5, 0.6) is 5.75 Å². The summed E-state index contributed by atoms with van der Waals surface area (Å²) in [7, 11) is 0. The zero-order valence-electron chi connectivity index (χ0n) is 9.84. The van der Waals surface area contributed by atoms with Crippen LogP contribution in [0.3, 0.4) is 0 Å². The van der Waals surface area contributed by atoms with Crippen LogP contribution < -0.4 is 0 Å². The molecule has 1 N–H and O–H groups in total. The quantitative estimate of drug-likeness (QED) is 0.695. The SMILES string of the molecule is O=C(CC(=O)c1cccc(Br)c1O)c1ccncc1. The van der Waals surface area contributed by atoms with Crippen LogP contribution in [0.15, 0.2) is 47.2 Å². The molecule has 0 atom stereocenters. The number of phenols is 1. The molecule has 0 bridgehead atoms. The topological polar surface area (TPSA) is 67.3 Å². The van der Waals surface area contributed by atoms with Gasteiger partial charge in [-0.25, -0.2) is 0 Å². The molecular formula is C14H10BrNO3. The number of hydrogen-bond donors (Lipinski definition) is 1. The van der Waals surface area contributed by atoms with E-state index in [2.05, 4.69) is 20.9 Å². The Morgan fingerprint density at radius 3 is 2.47 bits per heavy atom. The Labute approximate surface area is 118 Å². The highest BCUT2D eigenvalue weighted by molar-refractivity contribution is 9.10. The van der Waals surface area contributed by atoms with Gasteiger partial charge < -0.3 is 5.11 Å². The van der Waals surface area contributed by atoms with Gasteiger partial charge in [0.1, 0.15) is 5.75 Å². The summed E-state index contributed by atoms with van der Waals surface area (Å²) in [4.78, 5) is 27.7. The Morgan fingerprint density at radius 2 is 1.79 bits per heavy atom. The maximum absolute atomic E-state index is 12.0.